The summed E-state index contributed by atoms with van der Waals surface area (Å²) in [4.78, 5) is 20.1. The van der Waals surface area contributed by atoms with Crippen LogP contribution in [0.5, 0.6) is 0 Å². The second-order valence-electron chi connectivity index (χ2n) is 6.26. The lowest BCUT2D eigenvalue weighted by Crippen LogP contribution is -2.39. The Morgan fingerprint density at radius 2 is 2.21 bits per heavy atom. The Bertz CT molecular complexity index is 859. The van der Waals surface area contributed by atoms with Crippen LogP contribution in [0.25, 0.3) is 6.08 Å². The Morgan fingerprint density at radius 1 is 1.38 bits per heavy atom. The van der Waals surface area contributed by atoms with Crippen LogP contribution < -0.4 is 11.5 Å². The van der Waals surface area contributed by atoms with Crippen molar-refractivity contribution in [1.29, 1.82) is 0 Å². The summed E-state index contributed by atoms with van der Waals surface area (Å²) in [5.41, 5.74) is 12.8. The molecule has 0 saturated heterocycles. The molecule has 0 spiro atoms. The Hall–Kier alpha value is -2.96. The van der Waals surface area contributed by atoms with Crippen LogP contribution >= 0.6 is 0 Å². The van der Waals surface area contributed by atoms with Crippen LogP contribution in [-0.4, -0.2) is 26.6 Å². The summed E-state index contributed by atoms with van der Waals surface area (Å²) in [5.74, 6) is -0.249. The van der Waals surface area contributed by atoms with Crippen LogP contribution in [0.15, 0.2) is 41.8 Å². The molecule has 2 aromatic heterocycles. The molecule has 1 saturated carbocycles. The summed E-state index contributed by atoms with van der Waals surface area (Å²) < 4.78 is 1.89. The molecule has 0 aromatic carbocycles. The van der Waals surface area contributed by atoms with E-state index >= 15 is 0 Å². The van der Waals surface area contributed by atoms with Crippen molar-refractivity contribution < 1.29 is 4.79 Å². The largest absolute Gasteiger partial charge is 0.370 e. The summed E-state index contributed by atoms with van der Waals surface area (Å²) in [6, 6.07) is 4.05. The average Bonchev–Trinajstić information content (AvgIpc) is 3.30. The molecule has 24 heavy (non-hydrogen) atoms. The van der Waals surface area contributed by atoms with Gasteiger partial charge in [-0.15, -0.1) is 0 Å². The van der Waals surface area contributed by atoms with E-state index in [-0.39, 0.29) is 11.5 Å². The van der Waals surface area contributed by atoms with E-state index in [1.807, 2.05) is 16.8 Å². The van der Waals surface area contributed by atoms with Gasteiger partial charge in [-0.05, 0) is 37.3 Å². The van der Waals surface area contributed by atoms with Crippen LogP contribution in [-0.2, 0) is 5.54 Å². The number of allylic oxidation sites excluding steroid dienone is 1. The summed E-state index contributed by atoms with van der Waals surface area (Å²) in [5, 5.41) is 4.48. The predicted octanol–water partition coefficient (Wildman–Crippen LogP) is 1.26. The summed E-state index contributed by atoms with van der Waals surface area (Å²) in [6.07, 6.45) is 12.3. The van der Waals surface area contributed by atoms with Crippen molar-refractivity contribution >= 4 is 17.9 Å². The van der Waals surface area contributed by atoms with Crippen molar-refractivity contribution in [1.82, 2.24) is 14.8 Å². The summed E-state index contributed by atoms with van der Waals surface area (Å²) in [6.45, 7) is 0. The zero-order valence-corrected chi connectivity index (χ0v) is 13.1. The first-order valence-corrected chi connectivity index (χ1v) is 7.92. The number of guanidine groups is 1. The van der Waals surface area contributed by atoms with Gasteiger partial charge in [-0.25, -0.2) is 0 Å². The third-order valence-corrected chi connectivity index (χ3v) is 4.73. The van der Waals surface area contributed by atoms with Gasteiger partial charge in [0, 0.05) is 18.0 Å². The van der Waals surface area contributed by atoms with Gasteiger partial charge in [-0.1, -0.05) is 12.1 Å². The fraction of sp³-hybridized carbons (Fsp3) is 0.294. The fourth-order valence-electron chi connectivity index (χ4n) is 3.56. The van der Waals surface area contributed by atoms with Gasteiger partial charge >= 0.3 is 0 Å². The highest BCUT2D eigenvalue weighted by Gasteiger charge is 2.50. The van der Waals surface area contributed by atoms with E-state index in [1.165, 1.54) is 6.20 Å². The number of nitrogens with two attached hydrogens (primary N) is 2. The van der Waals surface area contributed by atoms with Gasteiger partial charge in [0.2, 0.25) is 0 Å². The molecule has 0 radical (unpaired) electrons. The van der Waals surface area contributed by atoms with Crippen LogP contribution in [0.2, 0.25) is 0 Å². The van der Waals surface area contributed by atoms with Crippen molar-refractivity contribution in [2.24, 2.45) is 22.4 Å². The molecule has 0 aliphatic heterocycles. The van der Waals surface area contributed by atoms with Crippen molar-refractivity contribution in [3.8, 4) is 0 Å². The molecule has 2 aromatic rings. The molecule has 1 amide bonds. The number of hydrogen-bond acceptors (Lipinski definition) is 3. The van der Waals surface area contributed by atoms with Crippen molar-refractivity contribution in [3.05, 3.63) is 53.6 Å². The SMILES string of the molecule is NC(N)=NC(=O)c1cnn(C2(C3CC3)CC=Cc3ncccc32)c1. The standard InChI is InChI=1S/C17H18N6O/c18-16(19)22-15(24)11-9-21-23(10-11)17(12-5-6-12)7-1-4-14-13(17)3-2-8-20-14/h1-4,8-10,12H,5-7H2,(H4,18,19,22,24). The van der Waals surface area contributed by atoms with Crippen LogP contribution in [0.1, 0.15) is 40.9 Å². The molecule has 4 rings (SSSR count). The number of aliphatic imine (C=N–C) groups is 1. The molecule has 1 fully saturated rings. The smallest absolute Gasteiger partial charge is 0.283 e. The second-order valence-corrected chi connectivity index (χ2v) is 6.26. The molecule has 122 valence electrons. The fourth-order valence-corrected chi connectivity index (χ4v) is 3.56. The van der Waals surface area contributed by atoms with Crippen LogP contribution in [0.3, 0.4) is 0 Å². The molecule has 4 N–H and O–H groups in total. The van der Waals surface area contributed by atoms with Crippen LogP contribution in [0.4, 0.5) is 0 Å². The number of nitrogens with zero attached hydrogens (tertiary/aromatic N) is 4. The average molecular weight is 322 g/mol. The highest BCUT2D eigenvalue weighted by atomic mass is 16.1. The molecule has 1 atom stereocenters. The monoisotopic (exact) mass is 322 g/mol. The van der Waals surface area contributed by atoms with Gasteiger partial charge in [-0.2, -0.15) is 10.1 Å². The van der Waals surface area contributed by atoms with E-state index in [0.29, 0.717) is 11.5 Å². The van der Waals surface area contributed by atoms with Crippen molar-refractivity contribution in [2.45, 2.75) is 24.8 Å². The number of amides is 1. The Balaban J connectivity index is 1.81. The molecule has 2 aliphatic carbocycles. The highest BCUT2D eigenvalue weighted by molar-refractivity contribution is 6.01. The highest BCUT2D eigenvalue weighted by Crippen LogP contribution is 2.52. The number of aromatic nitrogens is 3. The lowest BCUT2D eigenvalue weighted by Gasteiger charge is -2.37. The lowest BCUT2D eigenvalue weighted by atomic mass is 9.78. The maximum Gasteiger partial charge on any atom is 0.283 e. The topological polar surface area (TPSA) is 112 Å². The first-order chi connectivity index (χ1) is 11.6. The van der Waals surface area contributed by atoms with E-state index < -0.39 is 5.91 Å². The number of hydrogen-bond donors (Lipinski definition) is 2. The minimum absolute atomic E-state index is 0.250. The number of rotatable bonds is 3. The quantitative estimate of drug-likeness (QED) is 0.652. The zero-order chi connectivity index (χ0) is 16.7. The minimum atomic E-state index is -0.482. The Kier molecular flexibility index (Phi) is 3.23. The minimum Gasteiger partial charge on any atom is -0.370 e. The maximum atomic E-state index is 12.1. The molecular weight excluding hydrogens is 304 g/mol. The summed E-state index contributed by atoms with van der Waals surface area (Å²) in [7, 11) is 0. The number of carbonyl (C=O) groups excluding carboxylic acids is 1. The zero-order valence-electron chi connectivity index (χ0n) is 13.1. The third-order valence-electron chi connectivity index (χ3n) is 4.73. The second kappa shape index (κ2) is 5.30. The van der Waals surface area contributed by atoms with E-state index in [9.17, 15) is 4.79 Å². The van der Waals surface area contributed by atoms with E-state index in [4.69, 9.17) is 11.5 Å². The van der Waals surface area contributed by atoms with Gasteiger partial charge in [0.25, 0.3) is 5.91 Å². The van der Waals surface area contributed by atoms with Gasteiger partial charge in [-0.3, -0.25) is 14.5 Å². The van der Waals surface area contributed by atoms with Gasteiger partial charge in [0.1, 0.15) is 0 Å². The molecule has 0 bridgehead atoms. The third kappa shape index (κ3) is 2.20. The molecule has 1 unspecified atom stereocenters. The van der Waals surface area contributed by atoms with E-state index in [0.717, 1.165) is 30.5 Å². The van der Waals surface area contributed by atoms with Crippen molar-refractivity contribution in [2.75, 3.05) is 0 Å². The molecule has 7 heteroatoms. The normalized spacial score (nSPS) is 22.0. The predicted molar refractivity (Wildman–Crippen MR) is 90.1 cm³/mol. The van der Waals surface area contributed by atoms with E-state index in [1.54, 1.807) is 12.4 Å². The number of fused-ring (bicyclic) bond motifs is 1. The molecular formula is C17H18N6O. The molecule has 2 aliphatic rings. The van der Waals surface area contributed by atoms with Gasteiger partial charge in [0.15, 0.2) is 5.96 Å². The van der Waals surface area contributed by atoms with Crippen molar-refractivity contribution in [3.63, 3.8) is 0 Å². The Labute approximate surface area is 139 Å². The van der Waals surface area contributed by atoms with E-state index in [2.05, 4.69) is 27.2 Å². The number of carbonyl (C=O) groups is 1. The van der Waals surface area contributed by atoms with Crippen LogP contribution in [0, 0.1) is 5.92 Å². The molecule has 7 nitrogen and oxygen atoms in total. The lowest BCUT2D eigenvalue weighted by molar-refractivity contribution is 0.100. The van der Waals surface area contributed by atoms with Gasteiger partial charge in [0.05, 0.1) is 23.0 Å². The Morgan fingerprint density at radius 3 is 2.96 bits per heavy atom. The summed E-state index contributed by atoms with van der Waals surface area (Å²) >= 11 is 0. The maximum absolute atomic E-state index is 12.1. The molecule has 2 heterocycles. The first kappa shape index (κ1) is 14.6. The first-order valence-electron chi connectivity index (χ1n) is 7.92. The number of pyridine rings is 1. The van der Waals surface area contributed by atoms with Gasteiger partial charge < -0.3 is 11.5 Å².